The van der Waals surface area contributed by atoms with Crippen LogP contribution in [0.5, 0.6) is 0 Å². The van der Waals surface area contributed by atoms with Gasteiger partial charge in [-0.1, -0.05) is 65.7 Å². The Balaban J connectivity index is 1.47. The first-order chi connectivity index (χ1) is 15.8. The highest BCUT2D eigenvalue weighted by Crippen LogP contribution is 2.30. The second-order valence-electron chi connectivity index (χ2n) is 7.47. The summed E-state index contributed by atoms with van der Waals surface area (Å²) in [6.45, 7) is 1.18. The summed E-state index contributed by atoms with van der Waals surface area (Å²) in [5.74, 6) is -2.20. The summed E-state index contributed by atoms with van der Waals surface area (Å²) in [6.07, 6.45) is 0. The maximum absolute atomic E-state index is 13.0. The fraction of sp³-hybridized carbons (Fsp3) is 0.120. The average Bonchev–Trinajstić information content (AvgIpc) is 2.82. The van der Waals surface area contributed by atoms with Gasteiger partial charge in [-0.15, -0.1) is 0 Å². The first-order valence-corrected chi connectivity index (χ1v) is 10.8. The highest BCUT2D eigenvalue weighted by Gasteiger charge is 2.33. The molecule has 33 heavy (non-hydrogen) atoms. The Morgan fingerprint density at radius 1 is 0.879 bits per heavy atom. The molecule has 4 rings (SSSR count). The van der Waals surface area contributed by atoms with Crippen molar-refractivity contribution in [2.45, 2.75) is 13.0 Å². The summed E-state index contributed by atoms with van der Waals surface area (Å²) in [7, 11) is 0. The Morgan fingerprint density at radius 3 is 2.24 bits per heavy atom. The number of hydrogen-bond acceptors (Lipinski definition) is 5. The molecule has 6 nitrogen and oxygen atoms in total. The third kappa shape index (κ3) is 4.40. The van der Waals surface area contributed by atoms with Gasteiger partial charge in [0.15, 0.2) is 18.2 Å². The lowest BCUT2D eigenvalue weighted by molar-refractivity contribution is -0.124. The van der Waals surface area contributed by atoms with Gasteiger partial charge >= 0.3 is 5.97 Å². The van der Waals surface area contributed by atoms with Crippen LogP contribution in [0.3, 0.4) is 0 Å². The zero-order valence-corrected chi connectivity index (χ0v) is 18.9. The van der Waals surface area contributed by atoms with Crippen molar-refractivity contribution in [3.05, 3.63) is 104 Å². The van der Waals surface area contributed by atoms with Crippen molar-refractivity contribution < 1.29 is 23.9 Å². The third-order valence-electron chi connectivity index (χ3n) is 5.33. The number of fused-ring (bicyclic) bond motifs is 2. The van der Waals surface area contributed by atoms with E-state index in [-0.39, 0.29) is 33.6 Å². The average molecular weight is 482 g/mol. The minimum absolute atomic E-state index is 0.0178. The number of esters is 1. The largest absolute Gasteiger partial charge is 0.452 e. The van der Waals surface area contributed by atoms with E-state index in [2.05, 4.69) is 5.32 Å². The van der Waals surface area contributed by atoms with E-state index in [0.29, 0.717) is 10.0 Å². The molecule has 3 aromatic rings. The normalized spacial score (nSPS) is 13.1. The van der Waals surface area contributed by atoms with E-state index >= 15 is 0 Å². The first kappa shape index (κ1) is 22.7. The van der Waals surface area contributed by atoms with Crippen molar-refractivity contribution in [2.24, 2.45) is 0 Å². The van der Waals surface area contributed by atoms with Crippen LogP contribution in [0.4, 0.5) is 0 Å². The van der Waals surface area contributed by atoms with Crippen molar-refractivity contribution in [3.8, 4) is 0 Å². The molecule has 0 aromatic heterocycles. The quantitative estimate of drug-likeness (QED) is 0.413. The van der Waals surface area contributed by atoms with Gasteiger partial charge in [0.05, 0.1) is 21.7 Å². The smallest absolute Gasteiger partial charge is 0.339 e. The molecule has 3 aromatic carbocycles. The summed E-state index contributed by atoms with van der Waals surface area (Å²) in [6, 6.07) is 15.4. The van der Waals surface area contributed by atoms with Crippen molar-refractivity contribution >= 4 is 46.6 Å². The molecule has 0 saturated heterocycles. The van der Waals surface area contributed by atoms with Crippen LogP contribution in [0.2, 0.25) is 10.0 Å². The number of carbonyl (C=O) groups excluding carboxylic acids is 4. The van der Waals surface area contributed by atoms with E-state index in [0.717, 1.165) is 5.56 Å². The van der Waals surface area contributed by atoms with Crippen LogP contribution in [0.1, 0.15) is 60.7 Å². The van der Waals surface area contributed by atoms with Crippen LogP contribution in [0, 0.1) is 0 Å². The molecule has 1 amide bonds. The SMILES string of the molecule is CC(NC(=O)COC(=O)c1cccc2c1C(=O)c1ccccc1C2=O)c1ccc(Cl)c(Cl)c1. The molecule has 1 aliphatic rings. The maximum Gasteiger partial charge on any atom is 0.339 e. The van der Waals surface area contributed by atoms with Crippen molar-refractivity contribution in [2.75, 3.05) is 6.61 Å². The lowest BCUT2D eigenvalue weighted by Crippen LogP contribution is -2.31. The standard InChI is InChI=1S/C25H17Cl2NO5/c1-13(14-9-10-19(26)20(27)11-14)28-21(29)12-33-25(32)18-8-4-7-17-22(18)24(31)16-6-3-2-5-15(16)23(17)30/h2-11,13H,12H2,1H3,(H,28,29). The number of nitrogens with one attached hydrogen (secondary N) is 1. The molecule has 166 valence electrons. The molecule has 1 N–H and O–H groups in total. The topological polar surface area (TPSA) is 89.5 Å². The van der Waals surface area contributed by atoms with Crippen LogP contribution in [-0.4, -0.2) is 30.0 Å². The monoisotopic (exact) mass is 481 g/mol. The van der Waals surface area contributed by atoms with Crippen LogP contribution in [-0.2, 0) is 9.53 Å². The number of rotatable bonds is 5. The lowest BCUT2D eigenvalue weighted by Gasteiger charge is -2.19. The van der Waals surface area contributed by atoms with Gasteiger partial charge in [-0.05, 0) is 30.7 Å². The van der Waals surface area contributed by atoms with Gasteiger partial charge in [0.1, 0.15) is 0 Å². The fourth-order valence-corrected chi connectivity index (χ4v) is 3.98. The highest BCUT2D eigenvalue weighted by molar-refractivity contribution is 6.42. The van der Waals surface area contributed by atoms with Gasteiger partial charge in [-0.3, -0.25) is 14.4 Å². The van der Waals surface area contributed by atoms with E-state index < -0.39 is 30.3 Å². The predicted octanol–water partition coefficient (Wildman–Crippen LogP) is 4.80. The molecule has 0 heterocycles. The maximum atomic E-state index is 13.0. The molecule has 0 bridgehead atoms. The Labute approximate surface area is 199 Å². The molecule has 1 aliphatic carbocycles. The number of hydrogen-bond donors (Lipinski definition) is 1. The molecule has 0 radical (unpaired) electrons. The minimum atomic E-state index is -0.871. The number of carbonyl (C=O) groups is 4. The van der Waals surface area contributed by atoms with E-state index in [1.54, 1.807) is 49.4 Å². The van der Waals surface area contributed by atoms with Crippen LogP contribution in [0.15, 0.2) is 60.7 Å². The number of halogens is 2. The molecule has 8 heteroatoms. The lowest BCUT2D eigenvalue weighted by atomic mass is 9.82. The number of benzene rings is 3. The summed E-state index contributed by atoms with van der Waals surface area (Å²) < 4.78 is 5.15. The summed E-state index contributed by atoms with van der Waals surface area (Å²) >= 11 is 11.9. The zero-order valence-electron chi connectivity index (χ0n) is 17.4. The van der Waals surface area contributed by atoms with Gasteiger partial charge in [-0.2, -0.15) is 0 Å². The van der Waals surface area contributed by atoms with E-state index in [1.165, 1.54) is 18.2 Å². The van der Waals surface area contributed by atoms with Gasteiger partial charge in [0.2, 0.25) is 0 Å². The molecule has 0 aliphatic heterocycles. The Morgan fingerprint density at radius 2 is 1.55 bits per heavy atom. The number of ketones is 2. The van der Waals surface area contributed by atoms with Gasteiger partial charge in [0, 0.05) is 22.3 Å². The molecule has 0 fully saturated rings. The molecule has 1 atom stereocenters. The van der Waals surface area contributed by atoms with Crippen LogP contribution >= 0.6 is 23.2 Å². The first-order valence-electron chi connectivity index (χ1n) is 10.0. The molecule has 1 unspecified atom stereocenters. The second kappa shape index (κ2) is 9.17. The second-order valence-corrected chi connectivity index (χ2v) is 8.29. The fourth-order valence-electron chi connectivity index (χ4n) is 3.67. The number of amides is 1. The van der Waals surface area contributed by atoms with Crippen LogP contribution < -0.4 is 5.32 Å². The minimum Gasteiger partial charge on any atom is -0.452 e. The number of ether oxygens (including phenoxy) is 1. The predicted molar refractivity (Wildman–Crippen MR) is 123 cm³/mol. The zero-order chi connectivity index (χ0) is 23.7. The molecule has 0 spiro atoms. The summed E-state index contributed by atoms with van der Waals surface area (Å²) in [4.78, 5) is 50.9. The van der Waals surface area contributed by atoms with E-state index in [9.17, 15) is 19.2 Å². The third-order valence-corrected chi connectivity index (χ3v) is 6.07. The van der Waals surface area contributed by atoms with Crippen LogP contribution in [0.25, 0.3) is 0 Å². The Hall–Kier alpha value is -3.48. The van der Waals surface area contributed by atoms with Crippen molar-refractivity contribution in [3.63, 3.8) is 0 Å². The van der Waals surface area contributed by atoms with E-state index in [1.807, 2.05) is 0 Å². The molecule has 0 saturated carbocycles. The highest BCUT2D eigenvalue weighted by atomic mass is 35.5. The van der Waals surface area contributed by atoms with Crippen molar-refractivity contribution in [1.29, 1.82) is 0 Å². The Bertz CT molecular complexity index is 1320. The van der Waals surface area contributed by atoms with Crippen molar-refractivity contribution in [1.82, 2.24) is 5.32 Å². The van der Waals surface area contributed by atoms with E-state index in [4.69, 9.17) is 27.9 Å². The Kier molecular flexibility index (Phi) is 6.31. The summed E-state index contributed by atoms with van der Waals surface area (Å²) in [5.41, 5.74) is 1.29. The summed E-state index contributed by atoms with van der Waals surface area (Å²) in [5, 5.41) is 3.46. The van der Waals surface area contributed by atoms with Gasteiger partial charge in [-0.25, -0.2) is 4.79 Å². The van der Waals surface area contributed by atoms with Gasteiger partial charge < -0.3 is 10.1 Å². The van der Waals surface area contributed by atoms with Gasteiger partial charge in [0.25, 0.3) is 5.91 Å². The molecular weight excluding hydrogens is 465 g/mol. The molecular formula is C25H17Cl2NO5.